The standard InChI is InChI=1S/C28H34F5N5O.C11H21N.C2H6/c1-9-11-38-22-13-20(36-21(10-2)37-22)25(30)26(35-17(7)39-16(6)27(38)14(3)4)18-12-19(34-8)24(29)15(5)23(18)28(31,32)33;1-3-10(2)11-6-4-8-12(11)9-5-7-11;1-2/h10,12,14,16,27,34H,2,7,9,11,13H2,1,3-6,8H3;10H,3-9H2,1-2H3;1-2H3/b25-20-,35-26-;;. The molecule has 3 atom stereocenters. The summed E-state index contributed by atoms with van der Waals surface area (Å²) in [5, 5.41) is 2.53. The topological polar surface area (TPSA) is 64.8 Å². The molecule has 1 aromatic carbocycles. The zero-order valence-electron chi connectivity index (χ0n) is 33.5. The lowest BCUT2D eigenvalue weighted by Gasteiger charge is -2.40. The molecule has 2 fully saturated rings. The predicted molar refractivity (Wildman–Crippen MR) is 209 cm³/mol. The minimum absolute atomic E-state index is 0.0457. The van der Waals surface area contributed by atoms with Gasteiger partial charge in [0, 0.05) is 24.7 Å². The highest BCUT2D eigenvalue weighted by atomic mass is 19.4. The van der Waals surface area contributed by atoms with Crippen LogP contribution in [-0.2, 0) is 10.9 Å². The highest BCUT2D eigenvalue weighted by Gasteiger charge is 2.47. The molecule has 1 N–H and O–H groups in total. The highest BCUT2D eigenvalue weighted by Crippen LogP contribution is 2.45. The van der Waals surface area contributed by atoms with Crippen LogP contribution in [0.25, 0.3) is 0 Å². The van der Waals surface area contributed by atoms with Crippen molar-refractivity contribution in [3.8, 4) is 0 Å². The van der Waals surface area contributed by atoms with E-state index in [9.17, 15) is 17.6 Å². The van der Waals surface area contributed by atoms with Crippen LogP contribution in [0.3, 0.4) is 0 Å². The summed E-state index contributed by atoms with van der Waals surface area (Å²) in [5.41, 5.74) is -3.22. The molecule has 0 radical (unpaired) electrons. The molecular weight excluding hydrogens is 687 g/mol. The summed E-state index contributed by atoms with van der Waals surface area (Å²) < 4.78 is 80.1. The Bertz CT molecular complexity index is 1580. The fourth-order valence-corrected chi connectivity index (χ4v) is 8.42. The molecule has 0 spiro atoms. The van der Waals surface area contributed by atoms with E-state index in [0.29, 0.717) is 17.9 Å². The number of nitrogens with one attached hydrogen (secondary N) is 1. The maximum absolute atomic E-state index is 16.4. The molecule has 53 heavy (non-hydrogen) atoms. The van der Waals surface area contributed by atoms with Gasteiger partial charge in [-0.05, 0) is 95.2 Å². The average molecular weight is 749 g/mol. The van der Waals surface area contributed by atoms with Crippen LogP contribution in [0.1, 0.15) is 117 Å². The largest absolute Gasteiger partial charge is 0.473 e. The number of alkyl halides is 3. The van der Waals surface area contributed by atoms with Crippen molar-refractivity contribution in [3.63, 3.8) is 0 Å². The third kappa shape index (κ3) is 9.41. The second-order valence-electron chi connectivity index (χ2n) is 14.4. The maximum atomic E-state index is 16.4. The first-order valence-corrected chi connectivity index (χ1v) is 19.3. The fraction of sp³-hybridized carbons (Fsp3) is 0.634. The van der Waals surface area contributed by atoms with Crippen molar-refractivity contribution in [1.82, 2.24) is 9.80 Å². The van der Waals surface area contributed by atoms with Gasteiger partial charge in [0.15, 0.2) is 11.7 Å². The molecule has 296 valence electrons. The lowest BCUT2D eigenvalue weighted by molar-refractivity contribution is -0.138. The van der Waals surface area contributed by atoms with Crippen LogP contribution in [0, 0.1) is 24.6 Å². The van der Waals surface area contributed by atoms with Crippen LogP contribution >= 0.6 is 0 Å². The Balaban J connectivity index is 0.000000449. The molecule has 0 saturated carbocycles. The minimum Gasteiger partial charge on any atom is -0.473 e. The number of aliphatic imine (C=N–C) groups is 3. The Hall–Kier alpha value is -3.54. The van der Waals surface area contributed by atoms with Gasteiger partial charge in [0.1, 0.15) is 23.5 Å². The fourth-order valence-electron chi connectivity index (χ4n) is 8.42. The number of rotatable bonds is 8. The first kappa shape index (κ1) is 43.9. The monoisotopic (exact) mass is 748 g/mol. The van der Waals surface area contributed by atoms with Gasteiger partial charge in [-0.1, -0.05) is 61.5 Å². The van der Waals surface area contributed by atoms with Crippen molar-refractivity contribution >= 4 is 23.1 Å². The van der Waals surface area contributed by atoms with Gasteiger partial charge >= 0.3 is 6.18 Å². The van der Waals surface area contributed by atoms with Gasteiger partial charge in [-0.25, -0.2) is 23.8 Å². The number of ether oxygens (including phenoxy) is 1. The molecule has 0 aliphatic carbocycles. The van der Waals surface area contributed by atoms with Crippen LogP contribution in [0.15, 0.2) is 57.7 Å². The van der Waals surface area contributed by atoms with Crippen LogP contribution in [0.5, 0.6) is 0 Å². The SMILES string of the molecule is C=CC1=N/C2=C(F)/C(c3cc(NC)c(F)c(C)c3C(F)(F)F)=N\C(=C)OC(C)C(C(C)C)N(CCC)C(=N1)C2.CC.CCC(C)C12CCCN1CCC2. The van der Waals surface area contributed by atoms with Crippen molar-refractivity contribution < 1.29 is 26.7 Å². The average Bonchev–Trinajstić information content (AvgIpc) is 3.73. The van der Waals surface area contributed by atoms with Gasteiger partial charge < -0.3 is 15.0 Å². The second-order valence-corrected chi connectivity index (χ2v) is 14.4. The van der Waals surface area contributed by atoms with E-state index in [1.54, 1.807) is 6.92 Å². The van der Waals surface area contributed by atoms with Crippen molar-refractivity contribution in [2.45, 2.75) is 131 Å². The molecule has 2 bridgehead atoms. The van der Waals surface area contributed by atoms with Gasteiger partial charge in [0.05, 0.1) is 29.4 Å². The number of benzene rings is 1. The van der Waals surface area contributed by atoms with E-state index >= 15 is 4.39 Å². The minimum atomic E-state index is -5.02. The quantitative estimate of drug-likeness (QED) is 0.269. The van der Waals surface area contributed by atoms with E-state index in [1.807, 2.05) is 39.5 Å². The van der Waals surface area contributed by atoms with E-state index < -0.39 is 46.3 Å². The van der Waals surface area contributed by atoms with Crippen molar-refractivity contribution in [3.05, 3.63) is 65.2 Å². The van der Waals surface area contributed by atoms with Gasteiger partial charge in [-0.15, -0.1) is 0 Å². The lowest BCUT2D eigenvalue weighted by Crippen LogP contribution is -2.50. The zero-order chi connectivity index (χ0) is 39.8. The van der Waals surface area contributed by atoms with Gasteiger partial charge in [0.2, 0.25) is 5.88 Å². The number of amidine groups is 2. The van der Waals surface area contributed by atoms with Crippen LogP contribution in [-0.4, -0.2) is 71.5 Å². The van der Waals surface area contributed by atoms with Crippen molar-refractivity contribution in [2.75, 3.05) is 32.0 Å². The molecule has 5 rings (SSSR count). The summed E-state index contributed by atoms with van der Waals surface area (Å²) in [7, 11) is 1.35. The molecule has 4 heterocycles. The van der Waals surface area contributed by atoms with Crippen molar-refractivity contribution in [2.24, 2.45) is 26.8 Å². The number of fused-ring (bicyclic) bond motifs is 3. The molecule has 1 aromatic rings. The van der Waals surface area contributed by atoms with E-state index in [0.717, 1.165) is 25.3 Å². The van der Waals surface area contributed by atoms with E-state index in [2.05, 4.69) is 52.2 Å². The third-order valence-corrected chi connectivity index (χ3v) is 10.9. The van der Waals surface area contributed by atoms with Crippen LogP contribution in [0.4, 0.5) is 27.6 Å². The molecule has 0 amide bonds. The molecule has 4 aliphatic heterocycles. The Morgan fingerprint density at radius 2 is 1.70 bits per heavy atom. The number of hydrogen-bond acceptors (Lipinski definition) is 7. The summed E-state index contributed by atoms with van der Waals surface area (Å²) in [6.45, 7) is 28.4. The summed E-state index contributed by atoms with van der Waals surface area (Å²) in [6, 6.07) is 0.636. The number of anilines is 1. The van der Waals surface area contributed by atoms with Crippen LogP contribution in [0.2, 0.25) is 0 Å². The summed E-state index contributed by atoms with van der Waals surface area (Å²) in [5.74, 6) is -0.961. The Labute approximate surface area is 314 Å². The summed E-state index contributed by atoms with van der Waals surface area (Å²) in [4.78, 5) is 17.7. The first-order chi connectivity index (χ1) is 25.0. The van der Waals surface area contributed by atoms with Crippen molar-refractivity contribution in [1.29, 1.82) is 0 Å². The Kier molecular flexibility index (Phi) is 15.5. The van der Waals surface area contributed by atoms with E-state index in [4.69, 9.17) is 4.74 Å². The number of halogens is 5. The van der Waals surface area contributed by atoms with Gasteiger partial charge in [-0.2, -0.15) is 13.2 Å². The second kappa shape index (κ2) is 18.7. The number of allylic oxidation sites excluding steroid dienone is 1. The molecule has 3 unspecified atom stereocenters. The summed E-state index contributed by atoms with van der Waals surface area (Å²) in [6.07, 6.45) is 3.63. The number of hydrogen-bond donors (Lipinski definition) is 1. The third-order valence-electron chi connectivity index (χ3n) is 10.9. The highest BCUT2D eigenvalue weighted by molar-refractivity contribution is 6.15. The zero-order valence-corrected chi connectivity index (χ0v) is 33.5. The molecular formula is C41H61F5N6O. The Morgan fingerprint density at radius 1 is 1.08 bits per heavy atom. The molecule has 0 aromatic heterocycles. The maximum Gasteiger partial charge on any atom is 0.417 e. The normalized spacial score (nSPS) is 24.6. The Morgan fingerprint density at radius 3 is 2.21 bits per heavy atom. The van der Waals surface area contributed by atoms with E-state index in [1.165, 1.54) is 58.3 Å². The predicted octanol–water partition coefficient (Wildman–Crippen LogP) is 10.9. The molecule has 7 nitrogen and oxygen atoms in total. The molecule has 2 saturated heterocycles. The van der Waals surface area contributed by atoms with Crippen LogP contribution < -0.4 is 5.32 Å². The molecule has 12 heteroatoms. The smallest absolute Gasteiger partial charge is 0.417 e. The summed E-state index contributed by atoms with van der Waals surface area (Å²) >= 11 is 0. The first-order valence-electron chi connectivity index (χ1n) is 19.3. The number of nitrogens with zero attached hydrogens (tertiary/aromatic N) is 5. The lowest BCUT2D eigenvalue weighted by atomic mass is 9.80. The molecule has 4 aliphatic rings. The van der Waals surface area contributed by atoms with Gasteiger partial charge in [-0.3, -0.25) is 4.90 Å². The van der Waals surface area contributed by atoms with Gasteiger partial charge in [0.25, 0.3) is 0 Å². The van der Waals surface area contributed by atoms with E-state index in [-0.39, 0.29) is 41.5 Å².